The predicted octanol–water partition coefficient (Wildman–Crippen LogP) is 6.00. The van der Waals surface area contributed by atoms with Gasteiger partial charge in [0.05, 0.1) is 17.2 Å². The molecule has 1 aromatic heterocycles. The summed E-state index contributed by atoms with van der Waals surface area (Å²) >= 11 is 6.77. The standard InChI is InChI=1S/C30H38ClN5O2.3ClH/c1-34-11-13-35(14-12-34)10-5-15-38-27-18-23(28-24(29(27)31)19-32-30(28)37)26-17-22-16-21(6-7-25(22)33-26)20-36-8-3-2-4-9-36;;;/h6-7,16-18,33H,2-5,8-15,19-20H2,1H3,(H,32,37);3*1H. The van der Waals surface area contributed by atoms with Gasteiger partial charge in [0, 0.05) is 73.5 Å². The van der Waals surface area contributed by atoms with Gasteiger partial charge in [0.25, 0.3) is 5.91 Å². The van der Waals surface area contributed by atoms with E-state index in [2.05, 4.69) is 56.3 Å². The van der Waals surface area contributed by atoms with Crippen molar-refractivity contribution in [2.24, 2.45) is 0 Å². The number of aromatic amines is 1. The molecular weight excluding hydrogens is 604 g/mol. The van der Waals surface area contributed by atoms with E-state index >= 15 is 0 Å². The number of hydrogen-bond donors (Lipinski definition) is 2. The summed E-state index contributed by atoms with van der Waals surface area (Å²) in [6.45, 7) is 9.84. The SMILES string of the molecule is CN1CCN(CCCOc2cc(-c3cc4cc(CN5CCCCC5)ccc4[nH]3)c3c(c2Cl)CNC3=O)CC1.Cl.Cl.Cl. The highest BCUT2D eigenvalue weighted by Gasteiger charge is 2.29. The number of nitrogens with zero attached hydrogens (tertiary/aromatic N) is 3. The van der Waals surface area contributed by atoms with E-state index in [1.54, 1.807) is 0 Å². The fourth-order valence-electron chi connectivity index (χ4n) is 6.03. The number of rotatable bonds is 8. The van der Waals surface area contributed by atoms with E-state index in [0.29, 0.717) is 29.5 Å². The van der Waals surface area contributed by atoms with Gasteiger partial charge in [0.15, 0.2) is 0 Å². The summed E-state index contributed by atoms with van der Waals surface area (Å²) in [6, 6.07) is 10.7. The van der Waals surface area contributed by atoms with Crippen molar-refractivity contribution >= 4 is 65.6 Å². The topological polar surface area (TPSA) is 63.8 Å². The Morgan fingerprint density at radius 2 is 1.68 bits per heavy atom. The van der Waals surface area contributed by atoms with Crippen molar-refractivity contribution in [3.05, 3.63) is 52.0 Å². The number of carbonyl (C=O) groups is 1. The Kier molecular flexibility index (Phi) is 12.5. The molecule has 2 N–H and O–H groups in total. The van der Waals surface area contributed by atoms with Crippen LogP contribution in [-0.4, -0.2) is 85.1 Å². The molecule has 3 aliphatic rings. The van der Waals surface area contributed by atoms with Crippen molar-refractivity contribution in [2.45, 2.75) is 38.8 Å². The highest BCUT2D eigenvalue weighted by Crippen LogP contribution is 2.41. The van der Waals surface area contributed by atoms with Gasteiger partial charge in [-0.25, -0.2) is 0 Å². The maximum atomic E-state index is 12.8. The van der Waals surface area contributed by atoms with Crippen molar-refractivity contribution in [3.63, 3.8) is 0 Å². The molecule has 1 amide bonds. The van der Waals surface area contributed by atoms with Crippen LogP contribution in [-0.2, 0) is 13.1 Å². The number of hydrogen-bond acceptors (Lipinski definition) is 5. The average molecular weight is 646 g/mol. The van der Waals surface area contributed by atoms with E-state index in [4.69, 9.17) is 16.3 Å². The smallest absolute Gasteiger partial charge is 0.252 e. The molecule has 7 nitrogen and oxygen atoms in total. The van der Waals surface area contributed by atoms with Gasteiger partial charge in [0.2, 0.25) is 0 Å². The number of halogens is 4. The van der Waals surface area contributed by atoms with Crippen LogP contribution in [0.5, 0.6) is 5.75 Å². The molecular formula is C30H41Cl4N5O2. The second kappa shape index (κ2) is 15.1. The van der Waals surface area contributed by atoms with Crippen LogP contribution in [0.15, 0.2) is 30.3 Å². The zero-order valence-electron chi connectivity index (χ0n) is 23.5. The van der Waals surface area contributed by atoms with Crippen molar-refractivity contribution in [1.29, 1.82) is 0 Å². The van der Waals surface area contributed by atoms with Crippen LogP contribution in [0.3, 0.4) is 0 Å². The average Bonchev–Trinajstić information content (AvgIpc) is 3.53. The lowest BCUT2D eigenvalue weighted by molar-refractivity contribution is 0.0966. The molecule has 3 aromatic rings. The van der Waals surface area contributed by atoms with Crippen molar-refractivity contribution in [1.82, 2.24) is 25.0 Å². The quantitative estimate of drug-likeness (QED) is 0.295. The van der Waals surface area contributed by atoms with Gasteiger partial charge in [-0.2, -0.15) is 0 Å². The first kappa shape index (κ1) is 33.8. The van der Waals surface area contributed by atoms with Crippen LogP contribution >= 0.6 is 48.8 Å². The summed E-state index contributed by atoms with van der Waals surface area (Å²) in [5.74, 6) is 0.572. The van der Waals surface area contributed by atoms with E-state index in [1.807, 2.05) is 6.07 Å². The number of amides is 1. The number of nitrogens with one attached hydrogen (secondary N) is 2. The molecule has 2 fully saturated rings. The zero-order valence-corrected chi connectivity index (χ0v) is 26.8. The van der Waals surface area contributed by atoms with Crippen LogP contribution in [0.25, 0.3) is 22.2 Å². The summed E-state index contributed by atoms with van der Waals surface area (Å²) in [4.78, 5) is 23.8. The third-order valence-corrected chi connectivity index (χ3v) is 8.70. The third kappa shape index (κ3) is 7.63. The summed E-state index contributed by atoms with van der Waals surface area (Å²) in [5.41, 5.74) is 5.64. The van der Waals surface area contributed by atoms with Gasteiger partial charge in [-0.15, -0.1) is 37.2 Å². The highest BCUT2D eigenvalue weighted by atomic mass is 35.5. The zero-order chi connectivity index (χ0) is 26.1. The van der Waals surface area contributed by atoms with Gasteiger partial charge in [-0.1, -0.05) is 24.1 Å². The lowest BCUT2D eigenvalue weighted by atomic mass is 9.99. The number of piperazine rings is 1. The fourth-order valence-corrected chi connectivity index (χ4v) is 6.30. The minimum absolute atomic E-state index is 0. The maximum absolute atomic E-state index is 12.8. The first-order valence-electron chi connectivity index (χ1n) is 14.1. The van der Waals surface area contributed by atoms with E-state index in [1.165, 1.54) is 37.9 Å². The third-order valence-electron chi connectivity index (χ3n) is 8.28. The molecule has 226 valence electrons. The van der Waals surface area contributed by atoms with Gasteiger partial charge < -0.3 is 24.8 Å². The lowest BCUT2D eigenvalue weighted by Crippen LogP contribution is -2.44. The number of likely N-dealkylation sites (tertiary alicyclic amines) is 1. The normalized spacial score (nSPS) is 17.8. The number of H-pyrrole nitrogens is 1. The Labute approximate surface area is 266 Å². The molecule has 0 bridgehead atoms. The molecule has 0 aliphatic carbocycles. The summed E-state index contributed by atoms with van der Waals surface area (Å²) < 4.78 is 6.22. The monoisotopic (exact) mass is 643 g/mol. The Morgan fingerprint density at radius 1 is 0.927 bits per heavy atom. The fraction of sp³-hybridized carbons (Fsp3) is 0.500. The molecule has 41 heavy (non-hydrogen) atoms. The molecule has 2 aromatic carbocycles. The number of benzene rings is 2. The maximum Gasteiger partial charge on any atom is 0.252 e. The molecule has 2 saturated heterocycles. The Bertz CT molecular complexity index is 1320. The molecule has 11 heteroatoms. The van der Waals surface area contributed by atoms with Crippen LogP contribution in [0, 0.1) is 0 Å². The Morgan fingerprint density at radius 3 is 2.44 bits per heavy atom. The van der Waals surface area contributed by atoms with Gasteiger partial charge in [-0.05, 0) is 69.2 Å². The molecule has 6 rings (SSSR count). The van der Waals surface area contributed by atoms with Crippen LogP contribution < -0.4 is 10.1 Å². The first-order chi connectivity index (χ1) is 18.5. The molecule has 0 radical (unpaired) electrons. The number of piperidine rings is 1. The largest absolute Gasteiger partial charge is 0.492 e. The predicted molar refractivity (Wildman–Crippen MR) is 175 cm³/mol. The molecule has 0 spiro atoms. The van der Waals surface area contributed by atoms with Gasteiger partial charge >= 0.3 is 0 Å². The van der Waals surface area contributed by atoms with Gasteiger partial charge in [0.1, 0.15) is 5.75 Å². The molecule has 0 saturated carbocycles. The molecule has 3 aliphatic heterocycles. The minimum Gasteiger partial charge on any atom is -0.492 e. The first-order valence-corrected chi connectivity index (χ1v) is 14.4. The van der Waals surface area contributed by atoms with E-state index in [0.717, 1.165) is 73.4 Å². The second-order valence-corrected chi connectivity index (χ2v) is 11.4. The molecule has 0 unspecified atom stereocenters. The Balaban J connectivity index is 0.00000154. The summed E-state index contributed by atoms with van der Waals surface area (Å²) in [7, 11) is 2.18. The van der Waals surface area contributed by atoms with Crippen molar-refractivity contribution in [3.8, 4) is 17.0 Å². The van der Waals surface area contributed by atoms with Gasteiger partial charge in [-0.3, -0.25) is 9.69 Å². The minimum atomic E-state index is -0.0806. The highest BCUT2D eigenvalue weighted by molar-refractivity contribution is 6.34. The van der Waals surface area contributed by atoms with E-state index in [9.17, 15) is 4.79 Å². The number of fused-ring (bicyclic) bond motifs is 2. The van der Waals surface area contributed by atoms with Crippen LogP contribution in [0.1, 0.15) is 47.2 Å². The van der Waals surface area contributed by atoms with Crippen molar-refractivity contribution < 1.29 is 9.53 Å². The number of likely N-dealkylation sites (N-methyl/N-ethyl adjacent to an activating group) is 1. The Hall–Kier alpha value is -1.71. The summed E-state index contributed by atoms with van der Waals surface area (Å²) in [6.07, 6.45) is 4.87. The van der Waals surface area contributed by atoms with E-state index < -0.39 is 0 Å². The molecule has 4 heterocycles. The van der Waals surface area contributed by atoms with Crippen LogP contribution in [0.2, 0.25) is 5.02 Å². The number of ether oxygens (including phenoxy) is 1. The van der Waals surface area contributed by atoms with Crippen LogP contribution in [0.4, 0.5) is 0 Å². The number of carbonyl (C=O) groups excluding carboxylic acids is 1. The van der Waals surface area contributed by atoms with Crippen molar-refractivity contribution in [2.75, 3.05) is 59.5 Å². The summed E-state index contributed by atoms with van der Waals surface area (Å²) in [5, 5.41) is 4.66. The number of aromatic nitrogens is 1. The van der Waals surface area contributed by atoms with E-state index in [-0.39, 0.29) is 43.1 Å². The lowest BCUT2D eigenvalue weighted by Gasteiger charge is -2.32. The second-order valence-electron chi connectivity index (χ2n) is 11.1. The molecule has 0 atom stereocenters.